The molecule has 0 atom stereocenters. The minimum absolute atomic E-state index is 0.0392. The summed E-state index contributed by atoms with van der Waals surface area (Å²) in [6, 6.07) is 9.73. The van der Waals surface area contributed by atoms with E-state index in [0.29, 0.717) is 0 Å². The standard InChI is InChI=1S/C15H19N3O/c1-3-18(10-14-6-4-5-7-16-14)15-9-13(11-19)8-12(2)17-15/h4-9,19H,3,10-11H2,1-2H3. The Bertz CT molecular complexity index is 528. The van der Waals surface area contributed by atoms with Crippen molar-refractivity contribution in [2.45, 2.75) is 27.0 Å². The Hall–Kier alpha value is -1.94. The van der Waals surface area contributed by atoms with E-state index >= 15 is 0 Å². The predicted octanol–water partition coefficient (Wildman–Crippen LogP) is 2.30. The number of nitrogens with zero attached hydrogens (tertiary/aromatic N) is 3. The number of aliphatic hydroxyl groups excluding tert-OH is 1. The number of pyridine rings is 2. The van der Waals surface area contributed by atoms with Crippen molar-refractivity contribution in [2.75, 3.05) is 11.4 Å². The molecule has 2 heterocycles. The quantitative estimate of drug-likeness (QED) is 0.893. The molecule has 0 aliphatic carbocycles. The van der Waals surface area contributed by atoms with E-state index in [1.54, 1.807) is 6.20 Å². The molecule has 19 heavy (non-hydrogen) atoms. The first kappa shape index (κ1) is 13.5. The first-order valence-corrected chi connectivity index (χ1v) is 6.46. The van der Waals surface area contributed by atoms with Gasteiger partial charge in [0.2, 0.25) is 0 Å². The van der Waals surface area contributed by atoms with Gasteiger partial charge in [-0.2, -0.15) is 0 Å². The lowest BCUT2D eigenvalue weighted by molar-refractivity contribution is 0.281. The summed E-state index contributed by atoms with van der Waals surface area (Å²) in [5.41, 5.74) is 2.82. The number of aromatic nitrogens is 2. The van der Waals surface area contributed by atoms with Crippen molar-refractivity contribution in [3.8, 4) is 0 Å². The van der Waals surface area contributed by atoms with Crippen LogP contribution in [0.4, 0.5) is 5.82 Å². The number of hydrogen-bond acceptors (Lipinski definition) is 4. The maximum Gasteiger partial charge on any atom is 0.129 e. The van der Waals surface area contributed by atoms with Gasteiger partial charge in [-0.25, -0.2) is 4.98 Å². The van der Waals surface area contributed by atoms with Crippen molar-refractivity contribution in [3.63, 3.8) is 0 Å². The van der Waals surface area contributed by atoms with Crippen LogP contribution in [-0.4, -0.2) is 21.6 Å². The molecule has 4 nitrogen and oxygen atoms in total. The summed E-state index contributed by atoms with van der Waals surface area (Å²) in [5, 5.41) is 9.27. The van der Waals surface area contributed by atoms with E-state index in [0.717, 1.165) is 35.9 Å². The molecule has 0 unspecified atom stereocenters. The van der Waals surface area contributed by atoms with E-state index in [-0.39, 0.29) is 6.61 Å². The summed E-state index contributed by atoms with van der Waals surface area (Å²) >= 11 is 0. The second-order valence-electron chi connectivity index (χ2n) is 4.47. The molecule has 0 radical (unpaired) electrons. The first-order valence-electron chi connectivity index (χ1n) is 6.46. The summed E-state index contributed by atoms with van der Waals surface area (Å²) in [5.74, 6) is 0.886. The van der Waals surface area contributed by atoms with Crippen LogP contribution in [0, 0.1) is 6.92 Å². The number of rotatable bonds is 5. The molecule has 2 aromatic rings. The second-order valence-corrected chi connectivity index (χ2v) is 4.47. The van der Waals surface area contributed by atoms with Gasteiger partial charge in [-0.15, -0.1) is 0 Å². The van der Waals surface area contributed by atoms with Crippen LogP contribution in [0.3, 0.4) is 0 Å². The Kier molecular flexibility index (Phi) is 4.47. The molecule has 100 valence electrons. The van der Waals surface area contributed by atoms with Crippen LogP contribution in [0.5, 0.6) is 0 Å². The van der Waals surface area contributed by atoms with E-state index < -0.39 is 0 Å². The lowest BCUT2D eigenvalue weighted by Crippen LogP contribution is -2.24. The minimum atomic E-state index is 0.0392. The highest BCUT2D eigenvalue weighted by Crippen LogP contribution is 2.17. The highest BCUT2D eigenvalue weighted by atomic mass is 16.3. The van der Waals surface area contributed by atoms with Crippen LogP contribution in [0.1, 0.15) is 23.9 Å². The van der Waals surface area contributed by atoms with Crippen molar-refractivity contribution in [1.29, 1.82) is 0 Å². The highest BCUT2D eigenvalue weighted by Gasteiger charge is 2.09. The summed E-state index contributed by atoms with van der Waals surface area (Å²) in [4.78, 5) is 11.0. The largest absolute Gasteiger partial charge is 0.392 e. The van der Waals surface area contributed by atoms with E-state index in [1.807, 2.05) is 37.3 Å². The van der Waals surface area contributed by atoms with Crippen molar-refractivity contribution in [1.82, 2.24) is 9.97 Å². The summed E-state index contributed by atoms with van der Waals surface area (Å²) in [6.07, 6.45) is 1.80. The highest BCUT2D eigenvalue weighted by molar-refractivity contribution is 5.42. The fourth-order valence-electron chi connectivity index (χ4n) is 2.02. The van der Waals surface area contributed by atoms with E-state index in [1.165, 1.54) is 0 Å². The van der Waals surface area contributed by atoms with Gasteiger partial charge >= 0.3 is 0 Å². The third-order valence-corrected chi connectivity index (χ3v) is 2.97. The van der Waals surface area contributed by atoms with Crippen LogP contribution in [0.15, 0.2) is 36.5 Å². The molecule has 0 fully saturated rings. The van der Waals surface area contributed by atoms with Crippen molar-refractivity contribution < 1.29 is 5.11 Å². The summed E-state index contributed by atoms with van der Waals surface area (Å²) in [6.45, 7) is 5.64. The van der Waals surface area contributed by atoms with Crippen LogP contribution in [-0.2, 0) is 13.2 Å². The Morgan fingerprint density at radius 2 is 2.11 bits per heavy atom. The molecule has 1 N–H and O–H groups in total. The van der Waals surface area contributed by atoms with Gasteiger partial charge in [0, 0.05) is 18.4 Å². The maximum atomic E-state index is 9.27. The average molecular weight is 257 g/mol. The molecule has 0 saturated carbocycles. The zero-order chi connectivity index (χ0) is 13.7. The molecule has 4 heteroatoms. The molecule has 0 aliphatic rings. The Morgan fingerprint density at radius 3 is 2.74 bits per heavy atom. The van der Waals surface area contributed by atoms with E-state index in [4.69, 9.17) is 0 Å². The average Bonchev–Trinajstić information content (AvgIpc) is 2.45. The van der Waals surface area contributed by atoms with Gasteiger partial charge in [0.05, 0.1) is 18.8 Å². The van der Waals surface area contributed by atoms with Crippen LogP contribution in [0.25, 0.3) is 0 Å². The van der Waals surface area contributed by atoms with Crippen LogP contribution >= 0.6 is 0 Å². The van der Waals surface area contributed by atoms with Crippen molar-refractivity contribution >= 4 is 5.82 Å². The number of hydrogen-bond donors (Lipinski definition) is 1. The zero-order valence-corrected chi connectivity index (χ0v) is 11.4. The Balaban J connectivity index is 2.24. The van der Waals surface area contributed by atoms with Crippen molar-refractivity contribution in [2.24, 2.45) is 0 Å². The van der Waals surface area contributed by atoms with E-state index in [2.05, 4.69) is 21.8 Å². The molecule has 0 aliphatic heterocycles. The first-order chi connectivity index (χ1) is 9.22. The Labute approximate surface area is 113 Å². The monoisotopic (exact) mass is 257 g/mol. The summed E-state index contributed by atoms with van der Waals surface area (Å²) in [7, 11) is 0. The number of aliphatic hydroxyl groups is 1. The van der Waals surface area contributed by atoms with Gasteiger partial charge in [0.15, 0.2) is 0 Å². The zero-order valence-electron chi connectivity index (χ0n) is 11.4. The smallest absolute Gasteiger partial charge is 0.129 e. The molecule has 2 rings (SSSR count). The SMILES string of the molecule is CCN(Cc1ccccn1)c1cc(CO)cc(C)n1. The lowest BCUT2D eigenvalue weighted by Gasteiger charge is -2.22. The van der Waals surface area contributed by atoms with Gasteiger partial charge in [-0.05, 0) is 43.7 Å². The molecule has 0 bridgehead atoms. The normalized spacial score (nSPS) is 10.5. The second kappa shape index (κ2) is 6.29. The molecular weight excluding hydrogens is 238 g/mol. The fraction of sp³-hybridized carbons (Fsp3) is 0.333. The molecular formula is C15H19N3O. The van der Waals surface area contributed by atoms with Gasteiger partial charge < -0.3 is 10.0 Å². The van der Waals surface area contributed by atoms with Crippen molar-refractivity contribution in [3.05, 3.63) is 53.5 Å². The van der Waals surface area contributed by atoms with Gasteiger partial charge in [0.25, 0.3) is 0 Å². The molecule has 0 spiro atoms. The summed E-state index contributed by atoms with van der Waals surface area (Å²) < 4.78 is 0. The molecule has 0 saturated heterocycles. The van der Waals surface area contributed by atoms with Gasteiger partial charge in [-0.3, -0.25) is 4.98 Å². The van der Waals surface area contributed by atoms with Crippen LogP contribution < -0.4 is 4.90 Å². The molecule has 0 amide bonds. The van der Waals surface area contributed by atoms with Gasteiger partial charge in [0.1, 0.15) is 5.82 Å². The fourth-order valence-corrected chi connectivity index (χ4v) is 2.02. The number of aryl methyl sites for hydroxylation is 1. The minimum Gasteiger partial charge on any atom is -0.392 e. The predicted molar refractivity (Wildman–Crippen MR) is 75.9 cm³/mol. The third-order valence-electron chi connectivity index (χ3n) is 2.97. The topological polar surface area (TPSA) is 49.2 Å². The Morgan fingerprint density at radius 1 is 1.26 bits per heavy atom. The van der Waals surface area contributed by atoms with Gasteiger partial charge in [-0.1, -0.05) is 6.07 Å². The molecule has 2 aromatic heterocycles. The maximum absolute atomic E-state index is 9.27. The van der Waals surface area contributed by atoms with Crippen LogP contribution in [0.2, 0.25) is 0 Å². The third kappa shape index (κ3) is 3.51. The number of anilines is 1. The van der Waals surface area contributed by atoms with E-state index in [9.17, 15) is 5.11 Å². The lowest BCUT2D eigenvalue weighted by atomic mass is 10.2. The molecule has 0 aromatic carbocycles.